The van der Waals surface area contributed by atoms with Crippen molar-refractivity contribution in [2.45, 2.75) is 19.7 Å². The monoisotopic (exact) mass is 351 g/mol. The van der Waals surface area contributed by atoms with Crippen molar-refractivity contribution in [1.29, 1.82) is 5.26 Å². The van der Waals surface area contributed by atoms with Gasteiger partial charge < -0.3 is 9.47 Å². The Morgan fingerprint density at radius 2 is 2.10 bits per heavy atom. The van der Waals surface area contributed by atoms with Crippen molar-refractivity contribution >= 4 is 21.9 Å². The van der Waals surface area contributed by atoms with Crippen LogP contribution in [0.3, 0.4) is 0 Å². The van der Waals surface area contributed by atoms with Crippen LogP contribution in [-0.4, -0.2) is 18.9 Å². The summed E-state index contributed by atoms with van der Waals surface area (Å²) in [5.41, 5.74) is -0.252. The lowest BCUT2D eigenvalue weighted by molar-refractivity contribution is -0.275. The minimum absolute atomic E-state index is 0.0900. The largest absolute Gasteiger partial charge is 0.573 e. The number of benzene rings is 1. The second-order valence-corrected chi connectivity index (χ2v) is 4.49. The fourth-order valence-corrected chi connectivity index (χ4v) is 1.90. The molecule has 0 fully saturated rings. The van der Waals surface area contributed by atoms with Crippen LogP contribution in [-0.2, 0) is 16.0 Å². The third kappa shape index (κ3) is 4.74. The molecule has 4 nitrogen and oxygen atoms in total. The molecule has 1 rings (SSSR count). The van der Waals surface area contributed by atoms with Crippen molar-refractivity contribution in [3.8, 4) is 11.8 Å². The van der Waals surface area contributed by atoms with E-state index in [1.807, 2.05) is 0 Å². The Balaban J connectivity index is 3.23. The molecule has 0 saturated heterocycles. The predicted octanol–water partition coefficient (Wildman–Crippen LogP) is 3.32. The van der Waals surface area contributed by atoms with Crippen molar-refractivity contribution in [2.75, 3.05) is 6.61 Å². The van der Waals surface area contributed by atoms with Gasteiger partial charge in [-0.2, -0.15) is 5.26 Å². The van der Waals surface area contributed by atoms with Gasteiger partial charge in [0.25, 0.3) is 0 Å². The number of halogens is 4. The minimum atomic E-state index is -4.92. The van der Waals surface area contributed by atoms with E-state index in [1.54, 1.807) is 13.0 Å². The number of alkyl halides is 3. The molecule has 0 atom stereocenters. The summed E-state index contributed by atoms with van der Waals surface area (Å²) >= 11 is 2.98. The van der Waals surface area contributed by atoms with Gasteiger partial charge >= 0.3 is 12.3 Å². The van der Waals surface area contributed by atoms with E-state index in [4.69, 9.17) is 5.26 Å². The van der Waals surface area contributed by atoms with Crippen molar-refractivity contribution in [1.82, 2.24) is 0 Å². The molecule has 0 aromatic heterocycles. The molecule has 108 valence electrons. The Morgan fingerprint density at radius 3 is 2.60 bits per heavy atom. The van der Waals surface area contributed by atoms with Crippen LogP contribution < -0.4 is 4.74 Å². The van der Waals surface area contributed by atoms with Gasteiger partial charge in [0.15, 0.2) is 0 Å². The third-order valence-electron chi connectivity index (χ3n) is 2.15. The fraction of sp³-hybridized carbons (Fsp3) is 0.333. The van der Waals surface area contributed by atoms with Crippen LogP contribution in [0.5, 0.6) is 5.75 Å². The number of hydrogen-bond acceptors (Lipinski definition) is 4. The number of carbonyl (C=O) groups excluding carboxylic acids is 1. The van der Waals surface area contributed by atoms with Crippen LogP contribution in [0, 0.1) is 11.3 Å². The number of rotatable bonds is 4. The van der Waals surface area contributed by atoms with Gasteiger partial charge in [0.1, 0.15) is 5.75 Å². The van der Waals surface area contributed by atoms with E-state index in [9.17, 15) is 18.0 Å². The van der Waals surface area contributed by atoms with Crippen LogP contribution in [0.2, 0.25) is 0 Å². The SMILES string of the molecule is CCOC(=O)Cc1c(C#N)cc(Br)cc1OC(F)(F)F. The number of nitriles is 1. The summed E-state index contributed by atoms with van der Waals surface area (Å²) < 4.78 is 45.8. The molecule has 0 bridgehead atoms. The van der Waals surface area contributed by atoms with E-state index in [0.29, 0.717) is 0 Å². The van der Waals surface area contributed by atoms with Gasteiger partial charge in [-0.3, -0.25) is 4.79 Å². The second kappa shape index (κ2) is 6.61. The number of esters is 1. The lowest BCUT2D eigenvalue weighted by atomic mass is 10.0. The highest BCUT2D eigenvalue weighted by atomic mass is 79.9. The first-order chi connectivity index (χ1) is 9.26. The Hall–Kier alpha value is -1.75. The summed E-state index contributed by atoms with van der Waals surface area (Å²) in [4.78, 5) is 11.4. The normalized spacial score (nSPS) is 10.8. The summed E-state index contributed by atoms with van der Waals surface area (Å²) in [6.45, 7) is 1.66. The smallest absolute Gasteiger partial charge is 0.466 e. The quantitative estimate of drug-likeness (QED) is 0.780. The lowest BCUT2D eigenvalue weighted by Crippen LogP contribution is -2.19. The van der Waals surface area contributed by atoms with Gasteiger partial charge in [0, 0.05) is 10.0 Å². The van der Waals surface area contributed by atoms with Gasteiger partial charge in [0.05, 0.1) is 24.7 Å². The molecule has 0 saturated carbocycles. The molecule has 20 heavy (non-hydrogen) atoms. The maximum atomic E-state index is 12.3. The highest BCUT2D eigenvalue weighted by Gasteiger charge is 2.33. The van der Waals surface area contributed by atoms with Gasteiger partial charge in [-0.15, -0.1) is 13.2 Å². The first-order valence-electron chi connectivity index (χ1n) is 5.40. The molecule has 0 radical (unpaired) electrons. The summed E-state index contributed by atoms with van der Waals surface area (Å²) in [5, 5.41) is 8.95. The summed E-state index contributed by atoms with van der Waals surface area (Å²) in [6.07, 6.45) is -5.40. The van der Waals surface area contributed by atoms with E-state index < -0.39 is 24.5 Å². The zero-order chi connectivity index (χ0) is 15.3. The molecule has 0 spiro atoms. The molecule has 0 aliphatic heterocycles. The van der Waals surface area contributed by atoms with E-state index >= 15 is 0 Å². The molecule has 0 N–H and O–H groups in total. The van der Waals surface area contributed by atoms with Gasteiger partial charge in [0.2, 0.25) is 0 Å². The van der Waals surface area contributed by atoms with Crippen molar-refractivity contribution in [3.63, 3.8) is 0 Å². The summed E-state index contributed by atoms with van der Waals surface area (Å²) in [6, 6.07) is 4.07. The van der Waals surface area contributed by atoms with Crippen molar-refractivity contribution in [3.05, 3.63) is 27.7 Å². The lowest BCUT2D eigenvalue weighted by Gasteiger charge is -2.14. The van der Waals surface area contributed by atoms with E-state index in [0.717, 1.165) is 6.07 Å². The molecule has 8 heteroatoms. The highest BCUT2D eigenvalue weighted by molar-refractivity contribution is 9.10. The molecule has 1 aromatic carbocycles. The Bertz CT molecular complexity index is 552. The molecular formula is C12H9BrF3NO3. The Labute approximate surface area is 121 Å². The molecule has 0 heterocycles. The van der Waals surface area contributed by atoms with E-state index in [-0.39, 0.29) is 22.2 Å². The zero-order valence-corrected chi connectivity index (χ0v) is 11.8. The molecule has 0 aliphatic rings. The number of ether oxygens (including phenoxy) is 2. The Kier molecular flexibility index (Phi) is 5.39. The minimum Gasteiger partial charge on any atom is -0.466 e. The van der Waals surface area contributed by atoms with Gasteiger partial charge in [-0.05, 0) is 19.1 Å². The van der Waals surface area contributed by atoms with Crippen LogP contribution in [0.4, 0.5) is 13.2 Å². The first-order valence-corrected chi connectivity index (χ1v) is 6.20. The van der Waals surface area contributed by atoms with Crippen LogP contribution in [0.1, 0.15) is 18.1 Å². The maximum absolute atomic E-state index is 12.3. The molecule has 1 aromatic rings. The van der Waals surface area contributed by atoms with Gasteiger partial charge in [-0.25, -0.2) is 0 Å². The number of nitrogens with zero attached hydrogens (tertiary/aromatic N) is 1. The number of hydrogen-bond donors (Lipinski definition) is 0. The van der Waals surface area contributed by atoms with Crippen molar-refractivity contribution in [2.24, 2.45) is 0 Å². The standard InChI is InChI=1S/C12H9BrF3NO3/c1-2-19-11(18)5-9-7(6-17)3-8(13)4-10(9)20-12(14,15)16/h3-4H,2,5H2,1H3. The van der Waals surface area contributed by atoms with E-state index in [1.165, 1.54) is 6.07 Å². The second-order valence-electron chi connectivity index (χ2n) is 3.57. The molecule has 0 amide bonds. The zero-order valence-electron chi connectivity index (χ0n) is 10.3. The predicted molar refractivity (Wildman–Crippen MR) is 65.9 cm³/mol. The van der Waals surface area contributed by atoms with Crippen LogP contribution in [0.15, 0.2) is 16.6 Å². The summed E-state index contributed by atoms with van der Waals surface area (Å²) in [7, 11) is 0. The van der Waals surface area contributed by atoms with Crippen LogP contribution in [0.25, 0.3) is 0 Å². The highest BCUT2D eigenvalue weighted by Crippen LogP contribution is 2.32. The van der Waals surface area contributed by atoms with Gasteiger partial charge in [-0.1, -0.05) is 15.9 Å². The third-order valence-corrected chi connectivity index (χ3v) is 2.60. The fourth-order valence-electron chi connectivity index (χ4n) is 1.47. The maximum Gasteiger partial charge on any atom is 0.573 e. The Morgan fingerprint density at radius 1 is 1.45 bits per heavy atom. The molecule has 0 unspecified atom stereocenters. The first kappa shape index (κ1) is 16.3. The average Bonchev–Trinajstić information content (AvgIpc) is 2.30. The molecule has 0 aliphatic carbocycles. The average molecular weight is 352 g/mol. The molecular weight excluding hydrogens is 343 g/mol. The summed E-state index contributed by atoms with van der Waals surface area (Å²) in [5.74, 6) is -1.34. The van der Waals surface area contributed by atoms with Crippen molar-refractivity contribution < 1.29 is 27.4 Å². The van der Waals surface area contributed by atoms with E-state index in [2.05, 4.69) is 25.4 Å². The number of carbonyl (C=O) groups is 1. The van der Waals surface area contributed by atoms with Crippen LogP contribution >= 0.6 is 15.9 Å². The topological polar surface area (TPSA) is 59.3 Å².